The minimum absolute atomic E-state index is 0.0190. The SMILES string of the molecule is COC(=O)Cc1ccc(OC)c(-c2ccc(C(F)(F)F)cc2CN(CCc2ccccc2)C(=O)OC)c1. The lowest BCUT2D eigenvalue weighted by Crippen LogP contribution is -2.32. The first-order chi connectivity index (χ1) is 17.7. The number of hydrogen-bond donors (Lipinski definition) is 0. The Labute approximate surface area is 213 Å². The molecule has 0 unspecified atom stereocenters. The maximum Gasteiger partial charge on any atom is 0.416 e. The van der Waals surface area contributed by atoms with Gasteiger partial charge in [-0.2, -0.15) is 13.2 Å². The molecular formula is C28H28F3NO5. The fraction of sp³-hybridized carbons (Fsp3) is 0.286. The average Bonchev–Trinajstić information content (AvgIpc) is 2.90. The summed E-state index contributed by atoms with van der Waals surface area (Å²) >= 11 is 0. The third kappa shape index (κ3) is 7.25. The molecule has 0 aliphatic carbocycles. The molecule has 1 amide bonds. The number of methoxy groups -OCH3 is 3. The number of carbonyl (C=O) groups excluding carboxylic acids is 2. The normalized spacial score (nSPS) is 11.1. The fourth-order valence-corrected chi connectivity index (χ4v) is 3.96. The highest BCUT2D eigenvalue weighted by Crippen LogP contribution is 2.38. The topological polar surface area (TPSA) is 65.1 Å². The van der Waals surface area contributed by atoms with Crippen LogP contribution in [0.1, 0.15) is 22.3 Å². The lowest BCUT2D eigenvalue weighted by molar-refractivity contribution is -0.140. The van der Waals surface area contributed by atoms with E-state index in [0.29, 0.717) is 28.9 Å². The van der Waals surface area contributed by atoms with Crippen molar-refractivity contribution in [3.05, 3.63) is 89.0 Å². The van der Waals surface area contributed by atoms with E-state index in [-0.39, 0.29) is 25.1 Å². The molecule has 0 saturated carbocycles. The maximum absolute atomic E-state index is 13.6. The number of ether oxygens (including phenoxy) is 3. The fourth-order valence-electron chi connectivity index (χ4n) is 3.96. The van der Waals surface area contributed by atoms with Crippen LogP contribution in [0.15, 0.2) is 66.7 Å². The van der Waals surface area contributed by atoms with Crippen LogP contribution in [0.3, 0.4) is 0 Å². The molecule has 196 valence electrons. The molecule has 3 aromatic rings. The van der Waals surface area contributed by atoms with Crippen molar-refractivity contribution < 1.29 is 37.0 Å². The van der Waals surface area contributed by atoms with Crippen LogP contribution in [-0.4, -0.2) is 44.8 Å². The van der Waals surface area contributed by atoms with Gasteiger partial charge in [0.1, 0.15) is 5.75 Å². The van der Waals surface area contributed by atoms with Gasteiger partial charge in [0, 0.05) is 18.7 Å². The second-order valence-corrected chi connectivity index (χ2v) is 8.28. The first-order valence-corrected chi connectivity index (χ1v) is 11.5. The van der Waals surface area contributed by atoms with Gasteiger partial charge in [-0.25, -0.2) is 4.79 Å². The van der Waals surface area contributed by atoms with E-state index in [0.717, 1.165) is 17.7 Å². The summed E-state index contributed by atoms with van der Waals surface area (Å²) in [5.74, 6) is -0.0509. The Morgan fingerprint density at radius 1 is 0.838 bits per heavy atom. The quantitative estimate of drug-likeness (QED) is 0.332. The molecule has 0 atom stereocenters. The molecule has 37 heavy (non-hydrogen) atoms. The van der Waals surface area contributed by atoms with Crippen LogP contribution in [-0.2, 0) is 39.8 Å². The van der Waals surface area contributed by atoms with Gasteiger partial charge in [0.05, 0.1) is 33.3 Å². The zero-order valence-electron chi connectivity index (χ0n) is 20.8. The number of carbonyl (C=O) groups is 2. The molecular weight excluding hydrogens is 487 g/mol. The Kier molecular flexibility index (Phi) is 9.16. The van der Waals surface area contributed by atoms with Gasteiger partial charge in [0.15, 0.2) is 0 Å². The maximum atomic E-state index is 13.6. The predicted molar refractivity (Wildman–Crippen MR) is 132 cm³/mol. The van der Waals surface area contributed by atoms with Crippen molar-refractivity contribution in [2.75, 3.05) is 27.9 Å². The molecule has 6 nitrogen and oxygen atoms in total. The van der Waals surface area contributed by atoms with E-state index in [2.05, 4.69) is 0 Å². The van der Waals surface area contributed by atoms with E-state index in [1.54, 1.807) is 18.2 Å². The van der Waals surface area contributed by atoms with E-state index in [9.17, 15) is 22.8 Å². The number of hydrogen-bond acceptors (Lipinski definition) is 5. The van der Waals surface area contributed by atoms with E-state index in [1.807, 2.05) is 30.3 Å². The van der Waals surface area contributed by atoms with E-state index >= 15 is 0 Å². The predicted octanol–water partition coefficient (Wildman–Crippen LogP) is 5.91. The summed E-state index contributed by atoms with van der Waals surface area (Å²) in [6.07, 6.45) is -4.77. The first kappa shape index (κ1) is 27.6. The summed E-state index contributed by atoms with van der Waals surface area (Å²) in [4.78, 5) is 25.8. The summed E-state index contributed by atoms with van der Waals surface area (Å²) in [6, 6.07) is 17.8. The molecule has 0 bridgehead atoms. The van der Waals surface area contributed by atoms with E-state index in [4.69, 9.17) is 14.2 Å². The zero-order valence-corrected chi connectivity index (χ0v) is 20.8. The molecule has 0 heterocycles. The van der Waals surface area contributed by atoms with Crippen LogP contribution < -0.4 is 4.74 Å². The van der Waals surface area contributed by atoms with Gasteiger partial charge < -0.3 is 19.1 Å². The average molecular weight is 516 g/mol. The molecule has 0 aliphatic rings. The Balaban J connectivity index is 2.06. The summed E-state index contributed by atoms with van der Waals surface area (Å²) in [6.45, 7) is 0.0923. The second-order valence-electron chi connectivity index (χ2n) is 8.28. The summed E-state index contributed by atoms with van der Waals surface area (Å²) in [7, 11) is 3.95. The molecule has 0 aliphatic heterocycles. The van der Waals surface area contributed by atoms with Gasteiger partial charge in [-0.05, 0) is 52.9 Å². The molecule has 0 spiro atoms. The van der Waals surface area contributed by atoms with Crippen LogP contribution in [0.25, 0.3) is 11.1 Å². The highest BCUT2D eigenvalue weighted by Gasteiger charge is 2.32. The minimum atomic E-state index is -4.58. The van der Waals surface area contributed by atoms with E-state index in [1.165, 1.54) is 32.3 Å². The van der Waals surface area contributed by atoms with Gasteiger partial charge in [-0.1, -0.05) is 42.5 Å². The Morgan fingerprint density at radius 2 is 1.57 bits per heavy atom. The number of amides is 1. The van der Waals surface area contributed by atoms with E-state index < -0.39 is 23.8 Å². The van der Waals surface area contributed by atoms with Crippen molar-refractivity contribution in [3.63, 3.8) is 0 Å². The molecule has 0 aromatic heterocycles. The molecule has 3 aromatic carbocycles. The Bertz CT molecular complexity index is 1230. The number of alkyl halides is 3. The zero-order chi connectivity index (χ0) is 27.0. The summed E-state index contributed by atoms with van der Waals surface area (Å²) in [5.41, 5.74) is 1.90. The second kappa shape index (κ2) is 12.3. The van der Waals surface area contributed by atoms with Gasteiger partial charge in [0.2, 0.25) is 0 Å². The highest BCUT2D eigenvalue weighted by molar-refractivity contribution is 5.78. The lowest BCUT2D eigenvalue weighted by atomic mass is 9.94. The molecule has 3 rings (SSSR count). The molecule has 0 fully saturated rings. The van der Waals surface area contributed by atoms with Gasteiger partial charge in [-0.15, -0.1) is 0 Å². The molecule has 9 heteroatoms. The molecule has 0 saturated heterocycles. The van der Waals surface area contributed by atoms with Crippen LogP contribution in [0, 0.1) is 0 Å². The van der Waals surface area contributed by atoms with Gasteiger partial charge in [0.25, 0.3) is 0 Å². The lowest BCUT2D eigenvalue weighted by Gasteiger charge is -2.24. The van der Waals surface area contributed by atoms with Crippen molar-refractivity contribution in [1.82, 2.24) is 4.90 Å². The third-order valence-corrected chi connectivity index (χ3v) is 5.87. The van der Waals surface area contributed by atoms with Crippen molar-refractivity contribution in [3.8, 4) is 16.9 Å². The molecule has 0 N–H and O–H groups in total. The summed E-state index contributed by atoms with van der Waals surface area (Å²) < 4.78 is 56.1. The minimum Gasteiger partial charge on any atom is -0.496 e. The number of esters is 1. The Hall–Kier alpha value is -4.01. The van der Waals surface area contributed by atoms with Crippen LogP contribution in [0.5, 0.6) is 5.75 Å². The highest BCUT2D eigenvalue weighted by atomic mass is 19.4. The number of rotatable bonds is 9. The van der Waals surface area contributed by atoms with Gasteiger partial charge in [-0.3, -0.25) is 4.79 Å². The van der Waals surface area contributed by atoms with Crippen LogP contribution >= 0.6 is 0 Å². The smallest absolute Gasteiger partial charge is 0.416 e. The number of nitrogens with zero attached hydrogens (tertiary/aromatic N) is 1. The van der Waals surface area contributed by atoms with Crippen LogP contribution in [0.2, 0.25) is 0 Å². The van der Waals surface area contributed by atoms with Crippen molar-refractivity contribution in [1.29, 1.82) is 0 Å². The third-order valence-electron chi connectivity index (χ3n) is 5.87. The number of benzene rings is 3. The Morgan fingerprint density at radius 3 is 2.19 bits per heavy atom. The number of halogens is 3. The first-order valence-electron chi connectivity index (χ1n) is 11.5. The van der Waals surface area contributed by atoms with Crippen molar-refractivity contribution >= 4 is 12.1 Å². The van der Waals surface area contributed by atoms with Gasteiger partial charge >= 0.3 is 18.2 Å². The molecule has 0 radical (unpaired) electrons. The standard InChI is InChI=1S/C28H28F3NO5/c1-35-25-12-9-20(16-26(33)36-2)15-24(25)23-11-10-22(28(29,30)31)17-21(23)18-32(27(34)37-3)14-13-19-7-5-4-6-8-19/h4-12,15,17H,13-14,16,18H2,1-3H3. The largest absolute Gasteiger partial charge is 0.496 e. The summed E-state index contributed by atoms with van der Waals surface area (Å²) in [5, 5.41) is 0. The van der Waals surface area contributed by atoms with Crippen molar-refractivity contribution in [2.24, 2.45) is 0 Å². The van der Waals surface area contributed by atoms with Crippen molar-refractivity contribution in [2.45, 2.75) is 25.6 Å². The van der Waals surface area contributed by atoms with Crippen LogP contribution in [0.4, 0.5) is 18.0 Å². The monoisotopic (exact) mass is 515 g/mol.